The fourth-order valence-electron chi connectivity index (χ4n) is 1.74. The van der Waals surface area contributed by atoms with Gasteiger partial charge in [0.2, 0.25) is 10.0 Å². The first-order chi connectivity index (χ1) is 9.44. The van der Waals surface area contributed by atoms with Crippen LogP contribution in [0.25, 0.3) is 0 Å². The van der Waals surface area contributed by atoms with Crippen molar-refractivity contribution < 1.29 is 17.9 Å². The van der Waals surface area contributed by atoms with Crippen molar-refractivity contribution in [3.8, 4) is 11.5 Å². The van der Waals surface area contributed by atoms with Crippen molar-refractivity contribution in [2.45, 2.75) is 11.8 Å². The molecule has 0 saturated carbocycles. The highest BCUT2D eigenvalue weighted by Crippen LogP contribution is 2.27. The molecule has 0 amide bonds. The highest BCUT2D eigenvalue weighted by atomic mass is 32.2. The van der Waals surface area contributed by atoms with E-state index in [-0.39, 0.29) is 10.8 Å². The lowest BCUT2D eigenvalue weighted by Gasteiger charge is -2.14. The molecule has 0 saturated heterocycles. The summed E-state index contributed by atoms with van der Waals surface area (Å²) in [6.45, 7) is 3.04. The molecule has 2 N–H and O–H groups in total. The minimum atomic E-state index is -3.63. The zero-order valence-electron chi connectivity index (χ0n) is 12.3. The lowest BCUT2D eigenvalue weighted by Crippen LogP contribution is -2.32. The van der Waals surface area contributed by atoms with Crippen LogP contribution in [0.3, 0.4) is 0 Å². The summed E-state index contributed by atoms with van der Waals surface area (Å²) in [6.07, 6.45) is 0. The molecule has 1 atom stereocenters. The van der Waals surface area contributed by atoms with E-state index in [1.807, 2.05) is 14.0 Å². The maximum atomic E-state index is 12.3. The van der Waals surface area contributed by atoms with Gasteiger partial charge in [0.25, 0.3) is 0 Å². The summed E-state index contributed by atoms with van der Waals surface area (Å²) < 4.78 is 37.4. The minimum absolute atomic E-state index is 0.0796. The SMILES string of the molecule is CNCC(C)CNS(=O)(=O)c1cc(OC)ccc1OC. The van der Waals surface area contributed by atoms with Gasteiger partial charge in [-0.3, -0.25) is 0 Å². The summed E-state index contributed by atoms with van der Waals surface area (Å²) in [5.74, 6) is 0.945. The molecule has 0 aromatic heterocycles. The van der Waals surface area contributed by atoms with Crippen LogP contribution in [0.5, 0.6) is 11.5 Å². The Hall–Kier alpha value is -1.31. The minimum Gasteiger partial charge on any atom is -0.497 e. The third-order valence-corrected chi connectivity index (χ3v) is 4.28. The smallest absolute Gasteiger partial charge is 0.244 e. The van der Waals surface area contributed by atoms with Gasteiger partial charge < -0.3 is 14.8 Å². The lowest BCUT2D eigenvalue weighted by atomic mass is 10.2. The number of rotatable bonds is 8. The van der Waals surface area contributed by atoms with Gasteiger partial charge in [0.1, 0.15) is 16.4 Å². The van der Waals surface area contributed by atoms with Crippen LogP contribution in [0.4, 0.5) is 0 Å². The molecule has 0 aliphatic carbocycles. The number of ether oxygens (including phenoxy) is 2. The average molecular weight is 302 g/mol. The van der Waals surface area contributed by atoms with Crippen molar-refractivity contribution in [3.63, 3.8) is 0 Å². The average Bonchev–Trinajstić information content (AvgIpc) is 2.45. The molecule has 0 bridgehead atoms. The molecule has 1 aromatic carbocycles. The molecule has 0 spiro atoms. The van der Waals surface area contributed by atoms with Crippen LogP contribution in [-0.4, -0.2) is 42.8 Å². The molecular formula is C13H22N2O4S. The number of benzene rings is 1. The van der Waals surface area contributed by atoms with Crippen LogP contribution >= 0.6 is 0 Å². The predicted octanol–water partition coefficient (Wildman–Crippen LogP) is 0.838. The van der Waals surface area contributed by atoms with Gasteiger partial charge in [-0.2, -0.15) is 0 Å². The molecule has 6 nitrogen and oxygen atoms in total. The Bertz CT molecular complexity index is 531. The number of nitrogens with one attached hydrogen (secondary N) is 2. The Morgan fingerprint density at radius 3 is 2.45 bits per heavy atom. The summed E-state index contributed by atoms with van der Waals surface area (Å²) in [4.78, 5) is 0.0796. The maximum Gasteiger partial charge on any atom is 0.244 e. The summed E-state index contributed by atoms with van der Waals surface area (Å²) >= 11 is 0. The fourth-order valence-corrected chi connectivity index (χ4v) is 3.09. The van der Waals surface area contributed by atoms with Gasteiger partial charge in [0, 0.05) is 12.6 Å². The molecule has 1 unspecified atom stereocenters. The Morgan fingerprint density at radius 2 is 1.90 bits per heavy atom. The second-order valence-corrected chi connectivity index (χ2v) is 6.27. The van der Waals surface area contributed by atoms with Gasteiger partial charge in [-0.25, -0.2) is 13.1 Å². The fraction of sp³-hybridized carbons (Fsp3) is 0.538. The van der Waals surface area contributed by atoms with Gasteiger partial charge >= 0.3 is 0 Å². The molecule has 0 radical (unpaired) electrons. The third kappa shape index (κ3) is 4.36. The van der Waals surface area contributed by atoms with Crippen LogP contribution in [0, 0.1) is 5.92 Å². The first kappa shape index (κ1) is 16.7. The zero-order valence-corrected chi connectivity index (χ0v) is 13.1. The lowest BCUT2D eigenvalue weighted by molar-refractivity contribution is 0.391. The van der Waals surface area contributed by atoms with Gasteiger partial charge in [-0.1, -0.05) is 6.92 Å². The number of hydrogen-bond donors (Lipinski definition) is 2. The molecule has 114 valence electrons. The first-order valence-electron chi connectivity index (χ1n) is 6.31. The topological polar surface area (TPSA) is 76.7 Å². The van der Waals surface area contributed by atoms with E-state index in [4.69, 9.17) is 9.47 Å². The molecule has 1 rings (SSSR count). The Kier molecular flexibility index (Phi) is 6.25. The van der Waals surface area contributed by atoms with Crippen molar-refractivity contribution >= 4 is 10.0 Å². The number of sulfonamides is 1. The highest BCUT2D eigenvalue weighted by Gasteiger charge is 2.20. The van der Waals surface area contributed by atoms with Gasteiger partial charge in [-0.15, -0.1) is 0 Å². The summed E-state index contributed by atoms with van der Waals surface area (Å²) in [6, 6.07) is 4.68. The molecule has 0 fully saturated rings. The van der Waals surface area contributed by atoms with E-state index in [1.54, 1.807) is 12.1 Å². The van der Waals surface area contributed by atoms with Crippen LogP contribution in [0.15, 0.2) is 23.1 Å². The predicted molar refractivity (Wildman–Crippen MR) is 77.8 cm³/mol. The van der Waals surface area contributed by atoms with E-state index in [0.29, 0.717) is 18.0 Å². The quantitative estimate of drug-likeness (QED) is 0.744. The summed E-state index contributed by atoms with van der Waals surface area (Å²) in [5, 5.41) is 3.00. The second-order valence-electron chi connectivity index (χ2n) is 4.53. The van der Waals surface area contributed by atoms with E-state index < -0.39 is 10.0 Å². The normalized spacial score (nSPS) is 13.0. The first-order valence-corrected chi connectivity index (χ1v) is 7.79. The zero-order chi connectivity index (χ0) is 15.2. The van der Waals surface area contributed by atoms with E-state index in [0.717, 1.165) is 6.54 Å². The second kappa shape index (κ2) is 7.47. The van der Waals surface area contributed by atoms with Gasteiger partial charge in [-0.05, 0) is 31.6 Å². The van der Waals surface area contributed by atoms with Crippen molar-refractivity contribution in [3.05, 3.63) is 18.2 Å². The monoisotopic (exact) mass is 302 g/mol. The maximum absolute atomic E-state index is 12.3. The Balaban J connectivity index is 2.96. The van der Waals surface area contributed by atoms with Crippen LogP contribution in [-0.2, 0) is 10.0 Å². The van der Waals surface area contributed by atoms with Crippen molar-refractivity contribution in [2.24, 2.45) is 5.92 Å². The number of methoxy groups -OCH3 is 2. The van der Waals surface area contributed by atoms with Crippen LogP contribution in [0.1, 0.15) is 6.92 Å². The highest BCUT2D eigenvalue weighted by molar-refractivity contribution is 7.89. The molecule has 7 heteroatoms. The Morgan fingerprint density at radius 1 is 1.20 bits per heavy atom. The Labute approximate surface area is 120 Å². The molecule has 20 heavy (non-hydrogen) atoms. The van der Waals surface area contributed by atoms with Crippen molar-refractivity contribution in [1.82, 2.24) is 10.0 Å². The van der Waals surface area contributed by atoms with E-state index in [9.17, 15) is 8.42 Å². The summed E-state index contributed by atoms with van der Waals surface area (Å²) in [7, 11) is 1.12. The van der Waals surface area contributed by atoms with Gasteiger partial charge in [0.15, 0.2) is 0 Å². The van der Waals surface area contributed by atoms with E-state index >= 15 is 0 Å². The van der Waals surface area contributed by atoms with Gasteiger partial charge in [0.05, 0.1) is 14.2 Å². The molecule has 0 aliphatic heterocycles. The largest absolute Gasteiger partial charge is 0.497 e. The molecule has 0 aliphatic rings. The van der Waals surface area contributed by atoms with E-state index in [1.165, 1.54) is 20.3 Å². The van der Waals surface area contributed by atoms with E-state index in [2.05, 4.69) is 10.0 Å². The van der Waals surface area contributed by atoms with Crippen molar-refractivity contribution in [1.29, 1.82) is 0 Å². The van der Waals surface area contributed by atoms with Crippen LogP contribution < -0.4 is 19.5 Å². The molecule has 1 aromatic rings. The number of hydrogen-bond acceptors (Lipinski definition) is 5. The summed E-state index contributed by atoms with van der Waals surface area (Å²) in [5.41, 5.74) is 0. The standard InChI is InChI=1S/C13H22N2O4S/c1-10(8-14-2)9-15-20(16,17)13-7-11(18-3)5-6-12(13)19-4/h5-7,10,14-15H,8-9H2,1-4H3. The van der Waals surface area contributed by atoms with Crippen molar-refractivity contribution in [2.75, 3.05) is 34.4 Å². The third-order valence-electron chi connectivity index (χ3n) is 2.83. The van der Waals surface area contributed by atoms with Crippen LogP contribution in [0.2, 0.25) is 0 Å². The molecular weight excluding hydrogens is 280 g/mol. The molecule has 0 heterocycles.